The number of carbonyl (C=O) groups excluding carboxylic acids is 1. The summed E-state index contributed by atoms with van der Waals surface area (Å²) >= 11 is 0. The average molecular weight is 672 g/mol. The van der Waals surface area contributed by atoms with Crippen molar-refractivity contribution in [3.05, 3.63) is 95.8 Å². The smallest absolute Gasteiger partial charge is 0.490 e. The Hall–Kier alpha value is -4.70. The van der Waals surface area contributed by atoms with Crippen molar-refractivity contribution in [2.45, 2.75) is 37.0 Å². The second-order valence-corrected chi connectivity index (χ2v) is 10.4. The minimum Gasteiger partial charge on any atom is -0.497 e. The Bertz CT molecular complexity index is 1470. The van der Waals surface area contributed by atoms with Crippen LogP contribution in [0.15, 0.2) is 79.1 Å². The van der Waals surface area contributed by atoms with Gasteiger partial charge in [-0.15, -0.1) is 0 Å². The van der Waals surface area contributed by atoms with Crippen LogP contribution in [0.4, 0.5) is 26.3 Å². The van der Waals surface area contributed by atoms with Crippen molar-refractivity contribution < 1.29 is 60.4 Å². The van der Waals surface area contributed by atoms with Crippen molar-refractivity contribution in [2.75, 3.05) is 33.4 Å². The van der Waals surface area contributed by atoms with Gasteiger partial charge in [0.2, 0.25) is 0 Å². The predicted octanol–water partition coefficient (Wildman–Crippen LogP) is 4.75. The molecule has 0 saturated carbocycles. The Labute approximate surface area is 265 Å². The molecule has 2 saturated heterocycles. The maximum Gasteiger partial charge on any atom is 0.490 e. The molecule has 1 aromatic heterocycles. The van der Waals surface area contributed by atoms with Crippen molar-refractivity contribution in [1.82, 2.24) is 14.8 Å². The summed E-state index contributed by atoms with van der Waals surface area (Å²) in [7, 11) is 1.68. The van der Waals surface area contributed by atoms with Crippen LogP contribution < -0.4 is 4.74 Å². The minimum atomic E-state index is -5.08. The van der Waals surface area contributed by atoms with E-state index in [-0.39, 0.29) is 11.8 Å². The molecule has 2 fully saturated rings. The molecule has 3 heterocycles. The molecular weight excluding hydrogens is 640 g/mol. The molecule has 1 amide bonds. The van der Waals surface area contributed by atoms with Crippen molar-refractivity contribution >= 4 is 17.8 Å². The molecule has 16 heteroatoms. The molecule has 1 spiro atoms. The molecular formula is C31H31F6N3O7. The van der Waals surface area contributed by atoms with Gasteiger partial charge < -0.3 is 24.6 Å². The second kappa shape index (κ2) is 15.7. The number of benzene rings is 2. The van der Waals surface area contributed by atoms with Crippen LogP contribution in [0.3, 0.4) is 0 Å². The molecule has 254 valence electrons. The monoisotopic (exact) mass is 671 g/mol. The quantitative estimate of drug-likeness (QED) is 0.357. The fourth-order valence-electron chi connectivity index (χ4n) is 5.11. The summed E-state index contributed by atoms with van der Waals surface area (Å²) in [6, 6.07) is 22.2. The van der Waals surface area contributed by atoms with Gasteiger partial charge in [0, 0.05) is 51.0 Å². The molecule has 47 heavy (non-hydrogen) atoms. The molecule has 2 atom stereocenters. The number of alkyl halides is 6. The zero-order valence-electron chi connectivity index (χ0n) is 24.9. The van der Waals surface area contributed by atoms with E-state index in [0.717, 1.165) is 35.5 Å². The third-order valence-corrected chi connectivity index (χ3v) is 7.16. The van der Waals surface area contributed by atoms with Crippen LogP contribution in [0.2, 0.25) is 0 Å². The van der Waals surface area contributed by atoms with Crippen molar-refractivity contribution in [2.24, 2.45) is 0 Å². The van der Waals surface area contributed by atoms with Gasteiger partial charge in [-0.25, -0.2) is 9.59 Å². The number of methoxy groups -OCH3 is 1. The number of morpholine rings is 1. The average Bonchev–Trinajstić information content (AvgIpc) is 3.38. The van der Waals surface area contributed by atoms with Gasteiger partial charge in [-0.2, -0.15) is 26.3 Å². The van der Waals surface area contributed by atoms with E-state index in [0.29, 0.717) is 26.2 Å². The fraction of sp³-hybridized carbons (Fsp3) is 0.355. The van der Waals surface area contributed by atoms with E-state index >= 15 is 0 Å². The number of halogens is 6. The number of amides is 1. The first-order chi connectivity index (χ1) is 22.1. The van der Waals surface area contributed by atoms with Gasteiger partial charge in [-0.3, -0.25) is 14.7 Å². The molecule has 5 rings (SSSR count). The highest BCUT2D eigenvalue weighted by Crippen LogP contribution is 2.42. The maximum atomic E-state index is 14.0. The topological polar surface area (TPSA) is 130 Å². The van der Waals surface area contributed by atoms with Gasteiger partial charge in [0.15, 0.2) is 5.60 Å². The summed E-state index contributed by atoms with van der Waals surface area (Å²) in [6.45, 7) is 3.74. The summed E-state index contributed by atoms with van der Waals surface area (Å²) in [5.41, 5.74) is 2.42. The number of carbonyl (C=O) groups is 3. The molecule has 3 aromatic rings. The molecule has 0 radical (unpaired) electrons. The summed E-state index contributed by atoms with van der Waals surface area (Å²) in [5, 5.41) is 14.2. The number of pyridine rings is 1. The van der Waals surface area contributed by atoms with E-state index in [4.69, 9.17) is 29.3 Å². The van der Waals surface area contributed by atoms with Crippen LogP contribution in [-0.4, -0.2) is 94.1 Å². The molecule has 2 unspecified atom stereocenters. The molecule has 2 aromatic carbocycles. The summed E-state index contributed by atoms with van der Waals surface area (Å²) in [6.07, 6.45) is -6.53. The number of aromatic nitrogens is 1. The number of likely N-dealkylation sites (tertiary alicyclic amines) is 1. The van der Waals surface area contributed by atoms with Crippen molar-refractivity contribution in [1.29, 1.82) is 0 Å². The number of nitrogens with zero attached hydrogens (tertiary/aromatic N) is 3. The number of hydrogen-bond acceptors (Lipinski definition) is 7. The zero-order valence-corrected chi connectivity index (χ0v) is 24.9. The van der Waals surface area contributed by atoms with Gasteiger partial charge >= 0.3 is 24.3 Å². The lowest BCUT2D eigenvalue weighted by Crippen LogP contribution is -2.59. The third-order valence-electron chi connectivity index (χ3n) is 7.16. The molecule has 2 aliphatic rings. The number of aliphatic carboxylic acids is 2. The molecule has 0 bridgehead atoms. The number of rotatable bonds is 6. The van der Waals surface area contributed by atoms with Gasteiger partial charge in [-0.05, 0) is 34.9 Å². The first-order valence-corrected chi connectivity index (χ1v) is 13.9. The lowest BCUT2D eigenvalue weighted by atomic mass is 9.83. The summed E-state index contributed by atoms with van der Waals surface area (Å²) in [4.78, 5) is 40.4. The highest BCUT2D eigenvalue weighted by atomic mass is 19.4. The Morgan fingerprint density at radius 2 is 1.55 bits per heavy atom. The number of carboxylic acids is 2. The Balaban J connectivity index is 0.000000360. The van der Waals surface area contributed by atoms with Crippen LogP contribution in [-0.2, 0) is 32.2 Å². The third kappa shape index (κ3) is 10.1. The van der Waals surface area contributed by atoms with Crippen LogP contribution in [0.1, 0.15) is 22.6 Å². The first kappa shape index (κ1) is 36.8. The van der Waals surface area contributed by atoms with Gasteiger partial charge in [0.25, 0.3) is 5.91 Å². The Morgan fingerprint density at radius 1 is 0.936 bits per heavy atom. The van der Waals surface area contributed by atoms with E-state index in [9.17, 15) is 31.1 Å². The standard InChI is InChI=1S/C27H29N3O3.2C2HF3O2/c1-32-24-11-5-9-22(15-24)17-29-19-25(23-10-6-12-28-16-23)27(20-29)26(31)30(13-14-33-27)18-21-7-3-2-4-8-21;2*3-2(4,5)1(6)7/h2-12,15-16,25H,13-14,17-20H2,1H3;2*(H,6,7). The van der Waals surface area contributed by atoms with E-state index in [1.165, 1.54) is 0 Å². The van der Waals surface area contributed by atoms with E-state index in [1.807, 2.05) is 47.5 Å². The van der Waals surface area contributed by atoms with Crippen LogP contribution in [0.25, 0.3) is 0 Å². The number of carboxylic acid groups (broad SMARTS) is 2. The molecule has 10 nitrogen and oxygen atoms in total. The predicted molar refractivity (Wildman–Crippen MR) is 153 cm³/mol. The lowest BCUT2D eigenvalue weighted by molar-refractivity contribution is -0.193. The zero-order chi connectivity index (χ0) is 34.8. The SMILES string of the molecule is COc1cccc(CN2CC(c3cccnc3)C3(C2)OCCN(Cc2ccccc2)C3=O)c1.O=C(O)C(F)(F)F.O=C(O)C(F)(F)F. The number of hydrogen-bond donors (Lipinski definition) is 2. The second-order valence-electron chi connectivity index (χ2n) is 10.4. The van der Waals surface area contributed by atoms with Crippen LogP contribution in [0, 0.1) is 0 Å². The van der Waals surface area contributed by atoms with E-state index in [2.05, 4.69) is 40.2 Å². The molecule has 0 aliphatic carbocycles. The molecule has 2 N–H and O–H groups in total. The van der Waals surface area contributed by atoms with Gasteiger partial charge in [0.05, 0.1) is 13.7 Å². The van der Waals surface area contributed by atoms with Crippen LogP contribution >= 0.6 is 0 Å². The Kier molecular flexibility index (Phi) is 12.3. The minimum absolute atomic E-state index is 0.0691. The highest BCUT2D eigenvalue weighted by molar-refractivity contribution is 5.88. The summed E-state index contributed by atoms with van der Waals surface area (Å²) in [5.74, 6) is -4.69. The number of ether oxygens (including phenoxy) is 2. The Morgan fingerprint density at radius 3 is 2.11 bits per heavy atom. The van der Waals surface area contributed by atoms with Gasteiger partial charge in [-0.1, -0.05) is 48.5 Å². The maximum absolute atomic E-state index is 14.0. The van der Waals surface area contributed by atoms with Gasteiger partial charge in [0.1, 0.15) is 5.75 Å². The van der Waals surface area contributed by atoms with Crippen molar-refractivity contribution in [3.8, 4) is 5.75 Å². The van der Waals surface area contributed by atoms with Crippen LogP contribution in [0.5, 0.6) is 5.75 Å². The normalized spacial score (nSPS) is 19.7. The fourth-order valence-corrected chi connectivity index (χ4v) is 5.11. The van der Waals surface area contributed by atoms with E-state index < -0.39 is 29.9 Å². The molecule has 2 aliphatic heterocycles. The first-order valence-electron chi connectivity index (χ1n) is 13.9. The van der Waals surface area contributed by atoms with E-state index in [1.54, 1.807) is 13.3 Å². The highest BCUT2D eigenvalue weighted by Gasteiger charge is 2.57. The lowest BCUT2D eigenvalue weighted by Gasteiger charge is -2.42. The van der Waals surface area contributed by atoms with Crippen molar-refractivity contribution in [3.63, 3.8) is 0 Å². The largest absolute Gasteiger partial charge is 0.497 e. The summed E-state index contributed by atoms with van der Waals surface area (Å²) < 4.78 is 75.3.